The third kappa shape index (κ3) is 1.89. The number of hydrogen-bond donors (Lipinski definition) is 1. The van der Waals surface area contributed by atoms with E-state index in [4.69, 9.17) is 5.26 Å². The normalized spacial score (nSPS) is 9.87. The Hall–Kier alpha value is -1.31. The van der Waals surface area contributed by atoms with Gasteiger partial charge in [-0.1, -0.05) is 6.07 Å². The number of phenolic OH excluding ortho intramolecular Hbond substituents is 1. The Morgan fingerprint density at radius 1 is 1.33 bits per heavy atom. The summed E-state index contributed by atoms with van der Waals surface area (Å²) in [6.45, 7) is 0. The first-order chi connectivity index (χ1) is 7.22. The van der Waals surface area contributed by atoms with Crippen molar-refractivity contribution in [2.75, 3.05) is 0 Å². The average molecular weight is 280 g/mol. The van der Waals surface area contributed by atoms with E-state index < -0.39 is 0 Å². The Balaban J connectivity index is 2.57. The minimum absolute atomic E-state index is 0.0209. The Morgan fingerprint density at radius 2 is 2.13 bits per heavy atom. The first-order valence-electron chi connectivity index (χ1n) is 4.17. The molecule has 2 rings (SSSR count). The molecule has 1 N–H and O–H groups in total. The second-order valence-electron chi connectivity index (χ2n) is 2.98. The lowest BCUT2D eigenvalue weighted by molar-refractivity contribution is 0.473. The van der Waals surface area contributed by atoms with E-state index >= 15 is 0 Å². The van der Waals surface area contributed by atoms with Crippen molar-refractivity contribution in [3.8, 4) is 22.9 Å². The van der Waals surface area contributed by atoms with Crippen LogP contribution in [0.25, 0.3) is 11.1 Å². The van der Waals surface area contributed by atoms with Gasteiger partial charge >= 0.3 is 0 Å². The number of thiophene rings is 1. The lowest BCUT2D eigenvalue weighted by atomic mass is 10.1. The van der Waals surface area contributed by atoms with E-state index in [1.54, 1.807) is 23.5 Å². The van der Waals surface area contributed by atoms with Crippen LogP contribution in [0.15, 0.2) is 33.4 Å². The van der Waals surface area contributed by atoms with Crippen LogP contribution in [0.1, 0.15) is 5.56 Å². The van der Waals surface area contributed by atoms with Gasteiger partial charge in [-0.25, -0.2) is 0 Å². The van der Waals surface area contributed by atoms with Gasteiger partial charge < -0.3 is 5.11 Å². The lowest BCUT2D eigenvalue weighted by Crippen LogP contribution is -1.80. The second kappa shape index (κ2) is 4.05. The molecule has 2 aromatic rings. The van der Waals surface area contributed by atoms with Crippen LogP contribution in [-0.4, -0.2) is 5.11 Å². The minimum Gasteiger partial charge on any atom is -0.507 e. The fourth-order valence-corrected chi connectivity index (χ4v) is 2.81. The number of rotatable bonds is 1. The first-order valence-corrected chi connectivity index (χ1v) is 5.91. The molecule has 0 radical (unpaired) electrons. The molecule has 0 unspecified atom stereocenters. The predicted molar refractivity (Wildman–Crippen MR) is 63.8 cm³/mol. The topological polar surface area (TPSA) is 44.0 Å². The molecule has 0 amide bonds. The summed E-state index contributed by atoms with van der Waals surface area (Å²) in [6.07, 6.45) is 0. The molecule has 74 valence electrons. The van der Waals surface area contributed by atoms with Crippen molar-refractivity contribution in [1.29, 1.82) is 5.26 Å². The smallest absolute Gasteiger partial charge is 0.133 e. The van der Waals surface area contributed by atoms with Gasteiger partial charge in [-0.15, -0.1) is 0 Å². The SMILES string of the molecule is N#Cc1cc(-c2cscc2Br)ccc1O. The number of phenols is 1. The molecule has 0 aliphatic rings. The van der Waals surface area contributed by atoms with Crippen molar-refractivity contribution >= 4 is 27.3 Å². The zero-order valence-electron chi connectivity index (χ0n) is 7.57. The van der Waals surface area contributed by atoms with Gasteiger partial charge in [0.25, 0.3) is 0 Å². The molecule has 4 heteroatoms. The van der Waals surface area contributed by atoms with Crippen molar-refractivity contribution in [2.24, 2.45) is 0 Å². The van der Waals surface area contributed by atoms with Gasteiger partial charge in [0.1, 0.15) is 11.8 Å². The summed E-state index contributed by atoms with van der Waals surface area (Å²) < 4.78 is 1.00. The molecule has 0 aliphatic carbocycles. The van der Waals surface area contributed by atoms with E-state index in [-0.39, 0.29) is 5.75 Å². The Labute approximate surface area is 99.5 Å². The van der Waals surface area contributed by atoms with Crippen molar-refractivity contribution in [1.82, 2.24) is 0 Å². The van der Waals surface area contributed by atoms with Gasteiger partial charge in [-0.05, 0) is 39.0 Å². The third-order valence-electron chi connectivity index (χ3n) is 2.04. The highest BCUT2D eigenvalue weighted by Gasteiger charge is 2.07. The number of hydrogen-bond acceptors (Lipinski definition) is 3. The van der Waals surface area contributed by atoms with Gasteiger partial charge in [0.05, 0.1) is 5.56 Å². The maximum atomic E-state index is 9.37. The highest BCUT2D eigenvalue weighted by atomic mass is 79.9. The maximum Gasteiger partial charge on any atom is 0.133 e. The van der Waals surface area contributed by atoms with Crippen LogP contribution in [0.5, 0.6) is 5.75 Å². The van der Waals surface area contributed by atoms with Gasteiger partial charge in [0.15, 0.2) is 0 Å². The highest BCUT2D eigenvalue weighted by molar-refractivity contribution is 9.10. The molecule has 2 nitrogen and oxygen atoms in total. The van der Waals surface area contributed by atoms with E-state index in [9.17, 15) is 5.11 Å². The molecule has 15 heavy (non-hydrogen) atoms. The summed E-state index contributed by atoms with van der Waals surface area (Å²) in [6, 6.07) is 6.97. The van der Waals surface area contributed by atoms with Crippen molar-refractivity contribution < 1.29 is 5.11 Å². The van der Waals surface area contributed by atoms with Gasteiger partial charge in [0.2, 0.25) is 0 Å². The molecule has 0 aliphatic heterocycles. The average Bonchev–Trinajstić information content (AvgIpc) is 2.65. The zero-order valence-corrected chi connectivity index (χ0v) is 9.97. The molecule has 0 atom stereocenters. The van der Waals surface area contributed by atoms with Crippen LogP contribution in [0, 0.1) is 11.3 Å². The fraction of sp³-hybridized carbons (Fsp3) is 0. The summed E-state index contributed by atoms with van der Waals surface area (Å²) >= 11 is 5.02. The van der Waals surface area contributed by atoms with E-state index in [0.29, 0.717) is 5.56 Å². The second-order valence-corrected chi connectivity index (χ2v) is 4.58. The Bertz CT molecular complexity index is 542. The van der Waals surface area contributed by atoms with Crippen LogP contribution in [-0.2, 0) is 0 Å². The molecular weight excluding hydrogens is 274 g/mol. The Morgan fingerprint density at radius 3 is 2.73 bits per heavy atom. The molecule has 0 spiro atoms. The van der Waals surface area contributed by atoms with Gasteiger partial charge in [-0.3, -0.25) is 0 Å². The fourth-order valence-electron chi connectivity index (χ4n) is 1.28. The van der Waals surface area contributed by atoms with Crippen LogP contribution < -0.4 is 0 Å². The molecule has 0 saturated heterocycles. The summed E-state index contributed by atoms with van der Waals surface area (Å²) in [5, 5.41) is 22.1. The minimum atomic E-state index is 0.0209. The summed E-state index contributed by atoms with van der Waals surface area (Å²) in [5.41, 5.74) is 2.26. The highest BCUT2D eigenvalue weighted by Crippen LogP contribution is 2.33. The van der Waals surface area contributed by atoms with Crippen molar-refractivity contribution in [2.45, 2.75) is 0 Å². The van der Waals surface area contributed by atoms with Crippen molar-refractivity contribution in [3.63, 3.8) is 0 Å². The number of halogens is 1. The molecule has 1 aromatic carbocycles. The van der Waals surface area contributed by atoms with E-state index in [0.717, 1.165) is 15.6 Å². The monoisotopic (exact) mass is 279 g/mol. The molecule has 0 bridgehead atoms. The first kappa shape index (κ1) is 10.2. The van der Waals surface area contributed by atoms with E-state index in [2.05, 4.69) is 15.9 Å². The van der Waals surface area contributed by atoms with E-state index in [1.165, 1.54) is 6.07 Å². The van der Waals surface area contributed by atoms with E-state index in [1.807, 2.05) is 16.8 Å². The molecule has 1 heterocycles. The van der Waals surface area contributed by atoms with Gasteiger partial charge in [-0.2, -0.15) is 16.6 Å². The van der Waals surface area contributed by atoms with Crippen LogP contribution in [0.4, 0.5) is 0 Å². The summed E-state index contributed by atoms with van der Waals surface area (Å²) in [7, 11) is 0. The predicted octanol–water partition coefficient (Wildman–Crippen LogP) is 3.75. The van der Waals surface area contributed by atoms with Gasteiger partial charge in [0, 0.05) is 15.4 Å². The zero-order chi connectivity index (χ0) is 10.8. The lowest BCUT2D eigenvalue weighted by Gasteiger charge is -2.01. The number of nitrogens with zero attached hydrogens (tertiary/aromatic N) is 1. The number of benzene rings is 1. The molecule has 0 saturated carbocycles. The van der Waals surface area contributed by atoms with Crippen LogP contribution in [0.3, 0.4) is 0 Å². The molecule has 1 aromatic heterocycles. The number of aromatic hydroxyl groups is 1. The van der Waals surface area contributed by atoms with Crippen LogP contribution in [0.2, 0.25) is 0 Å². The third-order valence-corrected chi connectivity index (χ3v) is 3.75. The standard InChI is InChI=1S/C11H6BrNOS/c12-10-6-15-5-9(10)7-1-2-11(14)8(3-7)4-13/h1-3,5-6,14H. The largest absolute Gasteiger partial charge is 0.507 e. The summed E-state index contributed by atoms with van der Waals surface area (Å²) in [5.74, 6) is 0.0209. The maximum absolute atomic E-state index is 9.37. The quantitative estimate of drug-likeness (QED) is 0.864. The molecular formula is C11H6BrNOS. The number of nitriles is 1. The molecule has 0 fully saturated rings. The Kier molecular flexibility index (Phi) is 2.76. The summed E-state index contributed by atoms with van der Waals surface area (Å²) in [4.78, 5) is 0. The van der Waals surface area contributed by atoms with Crippen LogP contribution >= 0.6 is 27.3 Å². The van der Waals surface area contributed by atoms with Crippen molar-refractivity contribution in [3.05, 3.63) is 39.0 Å².